The van der Waals surface area contributed by atoms with E-state index in [4.69, 9.17) is 9.84 Å². The van der Waals surface area contributed by atoms with Crippen LogP contribution in [0.15, 0.2) is 36.4 Å². The molecule has 1 rings (SSSR count). The van der Waals surface area contributed by atoms with Crippen LogP contribution in [0.2, 0.25) is 0 Å². The summed E-state index contributed by atoms with van der Waals surface area (Å²) < 4.78 is 5.09. The largest absolute Gasteiger partial charge is 0.481 e. The smallest absolute Gasteiger partial charge is 0.308 e. The van der Waals surface area contributed by atoms with Crippen molar-refractivity contribution in [3.8, 4) is 0 Å². The Labute approximate surface area is 192 Å². The lowest BCUT2D eigenvalue weighted by molar-refractivity contribution is -0.148. The van der Waals surface area contributed by atoms with Crippen LogP contribution in [0, 0.1) is 11.8 Å². The van der Waals surface area contributed by atoms with Gasteiger partial charge in [0.25, 0.3) is 0 Å². The lowest BCUT2D eigenvalue weighted by atomic mass is 9.95. The zero-order valence-corrected chi connectivity index (χ0v) is 19.9. The number of allylic oxidation sites excluding steroid dienone is 2. The van der Waals surface area contributed by atoms with Crippen molar-refractivity contribution >= 4 is 17.8 Å². The number of nitrogens with one attached hydrogen (secondary N) is 1. The predicted molar refractivity (Wildman–Crippen MR) is 126 cm³/mol. The number of carboxylic acids is 1. The van der Waals surface area contributed by atoms with Crippen molar-refractivity contribution in [1.29, 1.82) is 0 Å². The van der Waals surface area contributed by atoms with E-state index >= 15 is 0 Å². The van der Waals surface area contributed by atoms with Gasteiger partial charge in [0.15, 0.2) is 0 Å². The van der Waals surface area contributed by atoms with E-state index in [1.165, 1.54) is 12.0 Å². The molecule has 0 spiro atoms. The molecule has 1 unspecified atom stereocenters. The van der Waals surface area contributed by atoms with Gasteiger partial charge in [-0.15, -0.1) is 0 Å². The minimum absolute atomic E-state index is 0.0818. The third kappa shape index (κ3) is 11.7. The van der Waals surface area contributed by atoms with Gasteiger partial charge in [0, 0.05) is 12.5 Å². The van der Waals surface area contributed by atoms with Gasteiger partial charge in [0.05, 0.1) is 18.9 Å². The number of hydrogen-bond acceptors (Lipinski definition) is 4. The fourth-order valence-electron chi connectivity index (χ4n) is 3.33. The van der Waals surface area contributed by atoms with Gasteiger partial charge in [-0.05, 0) is 49.7 Å². The number of aliphatic carboxylic acids is 1. The van der Waals surface area contributed by atoms with Crippen LogP contribution in [0.4, 0.5) is 0 Å². The van der Waals surface area contributed by atoms with Crippen LogP contribution in [0.3, 0.4) is 0 Å². The summed E-state index contributed by atoms with van der Waals surface area (Å²) in [4.78, 5) is 35.0. The topological polar surface area (TPSA) is 92.7 Å². The molecule has 1 aromatic carbocycles. The van der Waals surface area contributed by atoms with Crippen LogP contribution in [0.1, 0.15) is 70.9 Å². The maximum Gasteiger partial charge on any atom is 0.308 e. The molecular weight excluding hydrogens is 406 g/mol. The molecule has 32 heavy (non-hydrogen) atoms. The van der Waals surface area contributed by atoms with E-state index in [0.29, 0.717) is 25.4 Å². The summed E-state index contributed by atoms with van der Waals surface area (Å²) >= 11 is 0. The van der Waals surface area contributed by atoms with Gasteiger partial charge in [-0.2, -0.15) is 0 Å². The fourth-order valence-corrected chi connectivity index (χ4v) is 3.33. The highest BCUT2D eigenvalue weighted by atomic mass is 16.5. The molecule has 0 saturated heterocycles. The zero-order chi connectivity index (χ0) is 23.9. The highest BCUT2D eigenvalue weighted by Crippen LogP contribution is 2.15. The number of rotatable bonds is 15. The number of amides is 1. The van der Waals surface area contributed by atoms with E-state index in [-0.39, 0.29) is 36.7 Å². The van der Waals surface area contributed by atoms with Crippen LogP contribution in [-0.4, -0.2) is 35.6 Å². The first-order valence-electron chi connectivity index (χ1n) is 11.7. The van der Waals surface area contributed by atoms with E-state index in [9.17, 15) is 14.4 Å². The van der Waals surface area contributed by atoms with Crippen molar-refractivity contribution in [2.45, 2.75) is 78.7 Å². The molecular formula is C26H39NO5. The molecule has 0 heterocycles. The summed E-state index contributed by atoms with van der Waals surface area (Å²) in [5.74, 6) is -1.29. The number of benzene rings is 1. The first kappa shape index (κ1) is 27.4. The summed E-state index contributed by atoms with van der Waals surface area (Å²) in [5, 5.41) is 11.7. The minimum atomic E-state index is -1.01. The van der Waals surface area contributed by atoms with Crippen molar-refractivity contribution in [3.63, 3.8) is 0 Å². The van der Waals surface area contributed by atoms with E-state index in [2.05, 4.69) is 43.4 Å². The monoisotopic (exact) mass is 445 g/mol. The maximum absolute atomic E-state index is 12.2. The Bertz CT molecular complexity index is 741. The van der Waals surface area contributed by atoms with Crippen LogP contribution >= 0.6 is 0 Å². The standard InChI is InChI=1S/C26H39NO5/c1-5-19(3)9-7-8-10-21-11-13-22(14-12-21)18-23(17-20(4)26(31)32-6-2)27-24(28)15-16-25(29)30/h7-8,11-14,19-20,23H,5-6,9-10,15-18H2,1-4H3,(H,27,28)(H,29,30)/b8-7-/t19?,20-,23+/m1/s1. The van der Waals surface area contributed by atoms with Gasteiger partial charge < -0.3 is 15.2 Å². The molecule has 0 aliphatic rings. The number of carboxylic acid groups (broad SMARTS) is 1. The molecule has 6 nitrogen and oxygen atoms in total. The van der Waals surface area contributed by atoms with Gasteiger partial charge in [-0.3, -0.25) is 14.4 Å². The number of carbonyl (C=O) groups excluding carboxylic acids is 2. The highest BCUT2D eigenvalue weighted by molar-refractivity contribution is 5.81. The first-order chi connectivity index (χ1) is 15.2. The number of ether oxygens (including phenoxy) is 1. The second kappa shape index (κ2) is 15.2. The SMILES string of the molecule is CCOC(=O)[C@H](C)C[C@@H](Cc1ccc(C/C=C\CC(C)CC)cc1)NC(=O)CCC(=O)O. The lowest BCUT2D eigenvalue weighted by Crippen LogP contribution is -2.39. The summed E-state index contributed by atoms with van der Waals surface area (Å²) in [7, 11) is 0. The molecule has 178 valence electrons. The molecule has 0 aliphatic heterocycles. The number of hydrogen-bond donors (Lipinski definition) is 2. The molecule has 0 radical (unpaired) electrons. The quantitative estimate of drug-likeness (QED) is 0.301. The van der Waals surface area contributed by atoms with Crippen LogP contribution < -0.4 is 5.32 Å². The second-order valence-corrected chi connectivity index (χ2v) is 8.49. The molecule has 0 aliphatic carbocycles. The Kier molecular flexibility index (Phi) is 13.0. The molecule has 0 saturated carbocycles. The van der Waals surface area contributed by atoms with Gasteiger partial charge >= 0.3 is 11.9 Å². The van der Waals surface area contributed by atoms with Crippen LogP contribution in [0.5, 0.6) is 0 Å². The van der Waals surface area contributed by atoms with Crippen molar-refractivity contribution in [3.05, 3.63) is 47.5 Å². The van der Waals surface area contributed by atoms with Gasteiger partial charge in [0.2, 0.25) is 5.91 Å². The van der Waals surface area contributed by atoms with Crippen LogP contribution in [0.25, 0.3) is 0 Å². The average Bonchev–Trinajstić information content (AvgIpc) is 2.76. The summed E-state index contributed by atoms with van der Waals surface area (Å²) in [6.45, 7) is 8.30. The molecule has 3 atom stereocenters. The second-order valence-electron chi connectivity index (χ2n) is 8.49. The molecule has 1 aromatic rings. The van der Waals surface area contributed by atoms with Crippen LogP contribution in [-0.2, 0) is 32.0 Å². The van der Waals surface area contributed by atoms with E-state index in [1.54, 1.807) is 13.8 Å². The third-order valence-corrected chi connectivity index (χ3v) is 5.52. The van der Waals surface area contributed by atoms with Crippen molar-refractivity contribution in [2.75, 3.05) is 6.61 Å². The fraction of sp³-hybridized carbons (Fsp3) is 0.577. The molecule has 0 bridgehead atoms. The van der Waals surface area contributed by atoms with Crippen molar-refractivity contribution < 1.29 is 24.2 Å². The Morgan fingerprint density at radius 2 is 1.69 bits per heavy atom. The average molecular weight is 446 g/mol. The Balaban J connectivity index is 2.74. The highest BCUT2D eigenvalue weighted by Gasteiger charge is 2.22. The van der Waals surface area contributed by atoms with Gasteiger partial charge in [-0.1, -0.05) is 63.6 Å². The zero-order valence-electron chi connectivity index (χ0n) is 19.9. The summed E-state index contributed by atoms with van der Waals surface area (Å²) in [6, 6.07) is 7.98. The summed E-state index contributed by atoms with van der Waals surface area (Å²) in [5.41, 5.74) is 2.27. The minimum Gasteiger partial charge on any atom is -0.481 e. The first-order valence-corrected chi connectivity index (χ1v) is 11.7. The van der Waals surface area contributed by atoms with E-state index in [1.807, 2.05) is 12.1 Å². The molecule has 6 heteroatoms. The molecule has 0 fully saturated rings. The molecule has 0 aromatic heterocycles. The van der Waals surface area contributed by atoms with E-state index in [0.717, 1.165) is 18.4 Å². The number of carbonyl (C=O) groups is 3. The van der Waals surface area contributed by atoms with E-state index < -0.39 is 5.97 Å². The lowest BCUT2D eigenvalue weighted by Gasteiger charge is -2.22. The summed E-state index contributed by atoms with van der Waals surface area (Å²) in [6.07, 6.45) is 8.29. The van der Waals surface area contributed by atoms with Gasteiger partial charge in [-0.25, -0.2) is 0 Å². The molecule has 1 amide bonds. The Morgan fingerprint density at radius 1 is 1.03 bits per heavy atom. The third-order valence-electron chi connectivity index (χ3n) is 5.52. The molecule has 2 N–H and O–H groups in total. The van der Waals surface area contributed by atoms with Crippen molar-refractivity contribution in [1.82, 2.24) is 5.32 Å². The number of esters is 1. The maximum atomic E-state index is 12.2. The predicted octanol–water partition coefficient (Wildman–Crippen LogP) is 4.70. The van der Waals surface area contributed by atoms with Crippen molar-refractivity contribution in [2.24, 2.45) is 11.8 Å². The van der Waals surface area contributed by atoms with Gasteiger partial charge in [0.1, 0.15) is 0 Å². The normalized spacial score (nSPS) is 14.0. The Morgan fingerprint density at radius 3 is 2.28 bits per heavy atom. The Hall–Kier alpha value is -2.63.